The third-order valence-corrected chi connectivity index (χ3v) is 10.8. The van der Waals surface area contributed by atoms with Crippen molar-refractivity contribution in [2.24, 2.45) is 11.8 Å². The number of para-hydroxylation sites is 2. The van der Waals surface area contributed by atoms with Gasteiger partial charge in [-0.3, -0.25) is 4.90 Å². The van der Waals surface area contributed by atoms with Crippen LogP contribution < -0.4 is 4.72 Å². The Morgan fingerprint density at radius 2 is 1.63 bits per heavy atom. The van der Waals surface area contributed by atoms with E-state index in [9.17, 15) is 8.42 Å². The Kier molecular flexibility index (Phi) is 8.13. The summed E-state index contributed by atoms with van der Waals surface area (Å²) in [6, 6.07) is 10.4. The van der Waals surface area contributed by atoms with Gasteiger partial charge in [0, 0.05) is 50.7 Å². The molecule has 0 radical (unpaired) electrons. The van der Waals surface area contributed by atoms with Gasteiger partial charge >= 0.3 is 0 Å². The molecule has 210 valence electrons. The molecule has 0 spiro atoms. The molecule has 0 amide bonds. The van der Waals surface area contributed by atoms with E-state index in [2.05, 4.69) is 43.4 Å². The molecule has 3 heterocycles. The molecule has 2 aromatic rings. The Balaban J connectivity index is 1.14. The first-order valence-corrected chi connectivity index (χ1v) is 17.2. The van der Waals surface area contributed by atoms with Crippen LogP contribution >= 0.6 is 0 Å². The van der Waals surface area contributed by atoms with Gasteiger partial charge in [-0.2, -0.15) is 0 Å². The molecule has 2 saturated carbocycles. The van der Waals surface area contributed by atoms with Crippen molar-refractivity contribution in [1.29, 1.82) is 0 Å². The van der Waals surface area contributed by atoms with E-state index in [1.165, 1.54) is 94.9 Å². The van der Waals surface area contributed by atoms with Gasteiger partial charge in [-0.25, -0.2) is 18.1 Å². The van der Waals surface area contributed by atoms with Crippen LogP contribution in [-0.4, -0.2) is 78.8 Å². The van der Waals surface area contributed by atoms with Gasteiger partial charge in [-0.15, -0.1) is 0 Å². The van der Waals surface area contributed by atoms with Crippen LogP contribution in [0.2, 0.25) is 0 Å². The molecule has 2 bridgehead atoms. The van der Waals surface area contributed by atoms with E-state index < -0.39 is 10.0 Å². The van der Waals surface area contributed by atoms with Crippen LogP contribution in [0.3, 0.4) is 0 Å². The molecule has 7 nitrogen and oxygen atoms in total. The maximum Gasteiger partial charge on any atom is 0.208 e. The third-order valence-electron chi connectivity index (χ3n) is 10.1. The first-order valence-electron chi connectivity index (χ1n) is 15.3. The number of likely N-dealkylation sites (tertiary alicyclic amines) is 2. The number of imidazole rings is 1. The van der Waals surface area contributed by atoms with E-state index in [1.54, 1.807) is 0 Å². The van der Waals surface area contributed by atoms with Gasteiger partial charge in [0.1, 0.15) is 5.82 Å². The average molecular weight is 542 g/mol. The van der Waals surface area contributed by atoms with Crippen molar-refractivity contribution in [2.75, 3.05) is 39.0 Å². The number of hydrogen-bond acceptors (Lipinski definition) is 5. The highest BCUT2D eigenvalue weighted by Crippen LogP contribution is 2.41. The summed E-state index contributed by atoms with van der Waals surface area (Å²) in [4.78, 5) is 10.5. The molecule has 2 aliphatic heterocycles. The van der Waals surface area contributed by atoms with Gasteiger partial charge in [0.05, 0.1) is 17.3 Å². The summed E-state index contributed by atoms with van der Waals surface area (Å²) in [5.74, 6) is 3.18. The zero-order valence-electron chi connectivity index (χ0n) is 23.2. The van der Waals surface area contributed by atoms with Gasteiger partial charge in [-0.1, -0.05) is 37.8 Å². The smallest absolute Gasteiger partial charge is 0.208 e. The molecule has 8 heteroatoms. The highest BCUT2D eigenvalue weighted by molar-refractivity contribution is 7.88. The predicted molar refractivity (Wildman–Crippen MR) is 154 cm³/mol. The van der Waals surface area contributed by atoms with Crippen LogP contribution in [0.15, 0.2) is 24.3 Å². The SMILES string of the molecule is CS(=O)(=O)NCCN1CCC[C@H]1Cc1nc2ccccc2n1C1CCN(C2C[C@H]3CCCC[C@@H](C2)C3)CC1. The monoisotopic (exact) mass is 541 g/mol. The topological polar surface area (TPSA) is 70.5 Å². The molecule has 38 heavy (non-hydrogen) atoms. The van der Waals surface area contributed by atoms with Crippen LogP contribution in [0.5, 0.6) is 0 Å². The fraction of sp³-hybridized carbons (Fsp3) is 0.767. The molecule has 6 rings (SSSR count). The van der Waals surface area contributed by atoms with Crippen LogP contribution in [0, 0.1) is 11.8 Å². The highest BCUT2D eigenvalue weighted by atomic mass is 32.2. The van der Waals surface area contributed by atoms with E-state index in [1.807, 2.05) is 0 Å². The van der Waals surface area contributed by atoms with E-state index in [-0.39, 0.29) is 0 Å². The largest absolute Gasteiger partial charge is 0.325 e. The van der Waals surface area contributed by atoms with Crippen molar-refractivity contribution < 1.29 is 8.42 Å². The first-order chi connectivity index (χ1) is 18.4. The number of sulfonamides is 1. The molecular formula is C30H47N5O2S. The number of rotatable bonds is 8. The minimum Gasteiger partial charge on any atom is -0.325 e. The van der Waals surface area contributed by atoms with Crippen molar-refractivity contribution in [2.45, 2.75) is 95.2 Å². The fourth-order valence-electron chi connectivity index (χ4n) is 8.33. The zero-order chi connectivity index (χ0) is 26.1. The molecule has 2 saturated heterocycles. The second-order valence-electron chi connectivity index (χ2n) is 12.7. The average Bonchev–Trinajstić information content (AvgIpc) is 3.45. The summed E-state index contributed by atoms with van der Waals surface area (Å²) in [7, 11) is -3.15. The summed E-state index contributed by atoms with van der Waals surface area (Å²) >= 11 is 0. The van der Waals surface area contributed by atoms with Crippen LogP contribution in [0.25, 0.3) is 11.0 Å². The van der Waals surface area contributed by atoms with Crippen molar-refractivity contribution in [3.05, 3.63) is 30.1 Å². The lowest BCUT2D eigenvalue weighted by molar-refractivity contribution is 0.0711. The van der Waals surface area contributed by atoms with Crippen LogP contribution in [0.4, 0.5) is 0 Å². The Bertz CT molecular complexity index is 1170. The molecule has 1 N–H and O–H groups in total. The minimum absolute atomic E-state index is 0.428. The lowest BCUT2D eigenvalue weighted by atomic mass is 9.77. The van der Waals surface area contributed by atoms with Gasteiger partial charge in [-0.05, 0) is 75.5 Å². The quantitative estimate of drug-likeness (QED) is 0.530. The Morgan fingerprint density at radius 1 is 0.895 bits per heavy atom. The van der Waals surface area contributed by atoms with Crippen LogP contribution in [-0.2, 0) is 16.4 Å². The number of nitrogens with zero attached hydrogens (tertiary/aromatic N) is 4. The number of fused-ring (bicyclic) bond motifs is 3. The van der Waals surface area contributed by atoms with Gasteiger partial charge in [0.2, 0.25) is 10.0 Å². The second-order valence-corrected chi connectivity index (χ2v) is 14.6. The first kappa shape index (κ1) is 26.7. The molecular weight excluding hydrogens is 494 g/mol. The Hall–Kier alpha value is -1.48. The Labute approximate surface area is 229 Å². The number of aromatic nitrogens is 2. The molecule has 4 fully saturated rings. The van der Waals surface area contributed by atoms with Crippen molar-refractivity contribution in [3.8, 4) is 0 Å². The zero-order valence-corrected chi connectivity index (χ0v) is 24.0. The maximum absolute atomic E-state index is 11.5. The number of nitrogens with one attached hydrogen (secondary N) is 1. The van der Waals surface area contributed by atoms with E-state index in [4.69, 9.17) is 4.98 Å². The normalized spacial score (nSPS) is 30.1. The van der Waals surface area contributed by atoms with Gasteiger partial charge < -0.3 is 9.47 Å². The lowest BCUT2D eigenvalue weighted by Crippen LogP contribution is -2.45. The molecule has 2 aliphatic carbocycles. The van der Waals surface area contributed by atoms with Crippen molar-refractivity contribution in [3.63, 3.8) is 0 Å². The van der Waals surface area contributed by atoms with E-state index in [0.717, 1.165) is 49.3 Å². The van der Waals surface area contributed by atoms with Crippen LogP contribution in [0.1, 0.15) is 82.5 Å². The van der Waals surface area contributed by atoms with Gasteiger partial charge in [0.25, 0.3) is 0 Å². The summed E-state index contributed by atoms with van der Waals surface area (Å²) < 4.78 is 28.3. The number of hydrogen-bond donors (Lipinski definition) is 1. The molecule has 1 aromatic carbocycles. The minimum atomic E-state index is -3.15. The lowest BCUT2D eigenvalue weighted by Gasteiger charge is -2.43. The number of benzene rings is 1. The fourth-order valence-corrected chi connectivity index (χ4v) is 8.79. The van der Waals surface area contributed by atoms with Crippen molar-refractivity contribution in [1.82, 2.24) is 24.1 Å². The number of piperidine rings is 1. The molecule has 4 atom stereocenters. The third kappa shape index (κ3) is 6.13. The van der Waals surface area contributed by atoms with E-state index in [0.29, 0.717) is 18.6 Å². The standard InChI is InChI=1S/C30H47N5O2S/c1-38(36,37)31-14-18-33-15-6-9-26(33)22-30-32-28-10-4-5-11-29(28)35(30)25-12-16-34(17-13-25)27-20-23-7-2-3-8-24(19-23)21-27/h4-5,10-11,23-27,31H,2-3,6-9,12-22H2,1H3/t23-,24+,26-,27?/m0/s1. The second kappa shape index (κ2) is 11.6. The van der Waals surface area contributed by atoms with Crippen molar-refractivity contribution >= 4 is 21.1 Å². The highest BCUT2D eigenvalue weighted by Gasteiger charge is 2.36. The van der Waals surface area contributed by atoms with E-state index >= 15 is 0 Å². The summed E-state index contributed by atoms with van der Waals surface area (Å²) in [6.07, 6.45) is 17.2. The predicted octanol–water partition coefficient (Wildman–Crippen LogP) is 4.59. The summed E-state index contributed by atoms with van der Waals surface area (Å²) in [6.45, 7) is 4.71. The van der Waals surface area contributed by atoms with Gasteiger partial charge in [0.15, 0.2) is 0 Å². The molecule has 4 aliphatic rings. The summed E-state index contributed by atoms with van der Waals surface area (Å²) in [5.41, 5.74) is 2.40. The molecule has 1 aromatic heterocycles. The Morgan fingerprint density at radius 3 is 2.37 bits per heavy atom. The summed E-state index contributed by atoms with van der Waals surface area (Å²) in [5, 5.41) is 0. The maximum atomic E-state index is 11.5. The molecule has 1 unspecified atom stereocenters.